The third-order valence-electron chi connectivity index (χ3n) is 3.40. The zero-order valence-corrected chi connectivity index (χ0v) is 10.2. The summed E-state index contributed by atoms with van der Waals surface area (Å²) in [5.41, 5.74) is 0.616. The number of likely N-dealkylation sites (tertiary alicyclic amines) is 1. The van der Waals surface area contributed by atoms with E-state index in [4.69, 9.17) is 0 Å². The van der Waals surface area contributed by atoms with E-state index in [0.717, 1.165) is 19.5 Å². The van der Waals surface area contributed by atoms with E-state index < -0.39 is 0 Å². The van der Waals surface area contributed by atoms with Gasteiger partial charge in [0.25, 0.3) is 0 Å². The average molecular weight is 235 g/mol. The van der Waals surface area contributed by atoms with Crippen LogP contribution in [0.3, 0.4) is 0 Å². The third kappa shape index (κ3) is 2.72. The van der Waals surface area contributed by atoms with Crippen molar-refractivity contribution in [3.8, 4) is 0 Å². The number of rotatable bonds is 4. The topological polar surface area (TPSA) is 20.3 Å². The van der Waals surface area contributed by atoms with Crippen LogP contribution in [0.4, 0.5) is 4.39 Å². The maximum atomic E-state index is 12.8. The molecule has 1 aromatic rings. The molecule has 1 aliphatic rings. The summed E-state index contributed by atoms with van der Waals surface area (Å²) in [7, 11) is 0. The van der Waals surface area contributed by atoms with Crippen molar-refractivity contribution < 1.29 is 9.18 Å². The Bertz CT molecular complexity index is 382. The first-order chi connectivity index (χ1) is 8.22. The van der Waals surface area contributed by atoms with Crippen LogP contribution >= 0.6 is 0 Å². The van der Waals surface area contributed by atoms with Crippen molar-refractivity contribution >= 4 is 5.78 Å². The Balaban J connectivity index is 2.13. The number of hydrogen-bond acceptors (Lipinski definition) is 2. The standard InChI is InChI=1S/C14H18FNO/c1-2-13(16-9-3-4-10-16)14(17)11-5-7-12(15)8-6-11/h5-8,13H,2-4,9-10H2,1H3/t13-/m1/s1. The first-order valence-corrected chi connectivity index (χ1v) is 6.26. The molecular weight excluding hydrogens is 217 g/mol. The lowest BCUT2D eigenvalue weighted by Gasteiger charge is -2.25. The van der Waals surface area contributed by atoms with E-state index in [-0.39, 0.29) is 17.6 Å². The Morgan fingerprint density at radius 1 is 1.29 bits per heavy atom. The van der Waals surface area contributed by atoms with Crippen molar-refractivity contribution in [3.63, 3.8) is 0 Å². The van der Waals surface area contributed by atoms with E-state index in [1.165, 1.54) is 25.0 Å². The third-order valence-corrected chi connectivity index (χ3v) is 3.40. The predicted molar refractivity (Wildman–Crippen MR) is 65.6 cm³/mol. The molecule has 92 valence electrons. The van der Waals surface area contributed by atoms with Crippen LogP contribution in [-0.4, -0.2) is 29.8 Å². The minimum atomic E-state index is -0.296. The monoisotopic (exact) mass is 235 g/mol. The fourth-order valence-corrected chi connectivity index (χ4v) is 2.47. The number of carbonyl (C=O) groups is 1. The summed E-state index contributed by atoms with van der Waals surface area (Å²) < 4.78 is 12.8. The molecular formula is C14H18FNO. The average Bonchev–Trinajstić information content (AvgIpc) is 2.84. The summed E-state index contributed by atoms with van der Waals surface area (Å²) in [6.45, 7) is 4.04. The van der Waals surface area contributed by atoms with Crippen molar-refractivity contribution in [2.45, 2.75) is 32.2 Å². The highest BCUT2D eigenvalue weighted by Gasteiger charge is 2.27. The normalized spacial score (nSPS) is 18.2. The van der Waals surface area contributed by atoms with E-state index in [1.54, 1.807) is 12.1 Å². The highest BCUT2D eigenvalue weighted by atomic mass is 19.1. The number of hydrogen-bond donors (Lipinski definition) is 0. The van der Waals surface area contributed by atoms with Gasteiger partial charge in [-0.1, -0.05) is 6.92 Å². The zero-order chi connectivity index (χ0) is 12.3. The van der Waals surface area contributed by atoms with Gasteiger partial charge in [-0.15, -0.1) is 0 Å². The Labute approximate surface area is 101 Å². The minimum absolute atomic E-state index is 0.0389. The Morgan fingerprint density at radius 3 is 2.41 bits per heavy atom. The second-order valence-corrected chi connectivity index (χ2v) is 4.54. The molecule has 1 aromatic carbocycles. The number of halogens is 1. The lowest BCUT2D eigenvalue weighted by Crippen LogP contribution is -2.38. The zero-order valence-electron chi connectivity index (χ0n) is 10.2. The van der Waals surface area contributed by atoms with E-state index >= 15 is 0 Å². The van der Waals surface area contributed by atoms with Crippen LogP contribution in [0.25, 0.3) is 0 Å². The molecule has 2 nitrogen and oxygen atoms in total. The first-order valence-electron chi connectivity index (χ1n) is 6.26. The molecule has 3 heteroatoms. The molecule has 0 N–H and O–H groups in total. The van der Waals surface area contributed by atoms with E-state index in [0.29, 0.717) is 5.56 Å². The number of carbonyl (C=O) groups excluding carboxylic acids is 1. The molecule has 1 saturated heterocycles. The predicted octanol–water partition coefficient (Wildman–Crippen LogP) is 2.88. The Kier molecular flexibility index (Phi) is 3.89. The summed E-state index contributed by atoms with van der Waals surface area (Å²) in [6, 6.07) is 5.82. The van der Waals surface area contributed by atoms with Gasteiger partial charge in [-0.05, 0) is 56.6 Å². The van der Waals surface area contributed by atoms with Crippen LogP contribution in [0.2, 0.25) is 0 Å². The molecule has 2 rings (SSSR count). The summed E-state index contributed by atoms with van der Waals surface area (Å²) in [5.74, 6) is -0.176. The fraction of sp³-hybridized carbons (Fsp3) is 0.500. The highest BCUT2D eigenvalue weighted by Crippen LogP contribution is 2.18. The molecule has 1 atom stereocenters. The molecule has 0 spiro atoms. The summed E-state index contributed by atoms with van der Waals surface area (Å²) in [6.07, 6.45) is 3.16. The van der Waals surface area contributed by atoms with Crippen molar-refractivity contribution in [3.05, 3.63) is 35.6 Å². The second-order valence-electron chi connectivity index (χ2n) is 4.54. The highest BCUT2D eigenvalue weighted by molar-refractivity contribution is 6.00. The summed E-state index contributed by atoms with van der Waals surface area (Å²) in [5, 5.41) is 0. The molecule has 0 unspecified atom stereocenters. The maximum absolute atomic E-state index is 12.8. The number of Topliss-reactive ketones (excluding diaryl/α,β-unsaturated/α-hetero) is 1. The Hall–Kier alpha value is -1.22. The van der Waals surface area contributed by atoms with Gasteiger partial charge >= 0.3 is 0 Å². The smallest absolute Gasteiger partial charge is 0.179 e. The summed E-state index contributed by atoms with van der Waals surface area (Å²) in [4.78, 5) is 14.6. The van der Waals surface area contributed by atoms with Gasteiger partial charge in [0.05, 0.1) is 6.04 Å². The van der Waals surface area contributed by atoms with Crippen molar-refractivity contribution in [1.82, 2.24) is 4.90 Å². The van der Waals surface area contributed by atoms with Crippen LogP contribution in [0.15, 0.2) is 24.3 Å². The van der Waals surface area contributed by atoms with E-state index in [1.807, 2.05) is 6.92 Å². The van der Waals surface area contributed by atoms with E-state index in [2.05, 4.69) is 4.90 Å². The molecule has 0 amide bonds. The van der Waals surface area contributed by atoms with E-state index in [9.17, 15) is 9.18 Å². The second kappa shape index (κ2) is 5.41. The summed E-state index contributed by atoms with van der Waals surface area (Å²) >= 11 is 0. The SMILES string of the molecule is CC[C@H](C(=O)c1ccc(F)cc1)N1CCCC1. The van der Waals surface area contributed by atoms with Crippen LogP contribution in [0, 0.1) is 5.82 Å². The van der Waals surface area contributed by atoms with Gasteiger partial charge in [0.2, 0.25) is 0 Å². The molecule has 0 aliphatic carbocycles. The van der Waals surface area contributed by atoms with Crippen LogP contribution < -0.4 is 0 Å². The van der Waals surface area contributed by atoms with Gasteiger partial charge < -0.3 is 0 Å². The number of benzene rings is 1. The van der Waals surface area contributed by atoms with Gasteiger partial charge in [-0.3, -0.25) is 9.69 Å². The number of ketones is 1. The molecule has 1 aliphatic heterocycles. The first kappa shape index (κ1) is 12.2. The maximum Gasteiger partial charge on any atom is 0.179 e. The van der Waals surface area contributed by atoms with Gasteiger partial charge in [0.1, 0.15) is 5.82 Å². The molecule has 0 radical (unpaired) electrons. The van der Waals surface area contributed by atoms with Gasteiger partial charge in [-0.2, -0.15) is 0 Å². The molecule has 0 bridgehead atoms. The molecule has 0 saturated carbocycles. The molecule has 17 heavy (non-hydrogen) atoms. The van der Waals surface area contributed by atoms with Gasteiger partial charge in [0.15, 0.2) is 5.78 Å². The molecule has 0 aromatic heterocycles. The lowest BCUT2D eigenvalue weighted by atomic mass is 10.0. The van der Waals surface area contributed by atoms with Gasteiger partial charge in [-0.25, -0.2) is 4.39 Å². The quantitative estimate of drug-likeness (QED) is 0.748. The van der Waals surface area contributed by atoms with Crippen LogP contribution in [0.5, 0.6) is 0 Å². The van der Waals surface area contributed by atoms with Crippen molar-refractivity contribution in [1.29, 1.82) is 0 Å². The minimum Gasteiger partial charge on any atom is -0.293 e. The van der Waals surface area contributed by atoms with Crippen LogP contribution in [-0.2, 0) is 0 Å². The molecule has 1 heterocycles. The molecule has 1 fully saturated rings. The Morgan fingerprint density at radius 2 is 1.88 bits per heavy atom. The lowest BCUT2D eigenvalue weighted by molar-refractivity contribution is 0.0844. The van der Waals surface area contributed by atoms with Gasteiger partial charge in [0, 0.05) is 5.56 Å². The van der Waals surface area contributed by atoms with Crippen LogP contribution in [0.1, 0.15) is 36.5 Å². The fourth-order valence-electron chi connectivity index (χ4n) is 2.47. The van der Waals surface area contributed by atoms with Crippen molar-refractivity contribution in [2.75, 3.05) is 13.1 Å². The largest absolute Gasteiger partial charge is 0.293 e. The number of nitrogens with zero attached hydrogens (tertiary/aromatic N) is 1. The van der Waals surface area contributed by atoms with Crippen molar-refractivity contribution in [2.24, 2.45) is 0 Å².